The fourth-order valence-corrected chi connectivity index (χ4v) is 2.41. The Morgan fingerprint density at radius 3 is 2.43 bits per heavy atom. The summed E-state index contributed by atoms with van der Waals surface area (Å²) in [5.74, 6) is -0.424. The first-order valence-corrected chi connectivity index (χ1v) is 8.94. The normalized spacial score (nSPS) is 11.0. The lowest BCUT2D eigenvalue weighted by Crippen LogP contribution is -2.34. The number of carbonyl (C=O) groups excluding carboxylic acids is 2. The van der Waals surface area contributed by atoms with Crippen LogP contribution < -0.4 is 25.6 Å². The topological polar surface area (TPSA) is 88.7 Å². The molecule has 0 saturated carbocycles. The number of methoxy groups -OCH3 is 1. The van der Waals surface area contributed by atoms with E-state index >= 15 is 0 Å². The standard InChI is InChI=1S/C20H22F3N3O4/c1-12(2)24-18(27)11-30-16-8-7-13(9-17(16)29-3)19(28)26-25-15-6-4-5-14(10-15)20(21,22)23/h4-10,12,25H,11H2,1-3H3,(H,24,27)(H,26,28). The molecule has 30 heavy (non-hydrogen) atoms. The minimum atomic E-state index is -4.49. The molecule has 162 valence electrons. The van der Waals surface area contributed by atoms with Gasteiger partial charge in [0.2, 0.25) is 0 Å². The summed E-state index contributed by atoms with van der Waals surface area (Å²) in [5, 5.41) is 2.68. The van der Waals surface area contributed by atoms with Crippen molar-refractivity contribution in [3.05, 3.63) is 53.6 Å². The first-order valence-electron chi connectivity index (χ1n) is 8.94. The van der Waals surface area contributed by atoms with Crippen LogP contribution in [0.3, 0.4) is 0 Å². The van der Waals surface area contributed by atoms with Crippen LogP contribution in [-0.2, 0) is 11.0 Å². The molecule has 0 bridgehead atoms. The Morgan fingerprint density at radius 2 is 1.80 bits per heavy atom. The van der Waals surface area contributed by atoms with Crippen LogP contribution in [0, 0.1) is 0 Å². The summed E-state index contributed by atoms with van der Waals surface area (Å²) in [6.45, 7) is 3.41. The molecule has 0 aliphatic carbocycles. The zero-order valence-corrected chi connectivity index (χ0v) is 16.6. The largest absolute Gasteiger partial charge is 0.493 e. The summed E-state index contributed by atoms with van der Waals surface area (Å²) >= 11 is 0. The van der Waals surface area contributed by atoms with Gasteiger partial charge >= 0.3 is 6.18 Å². The zero-order valence-electron chi connectivity index (χ0n) is 16.6. The third kappa shape index (κ3) is 6.57. The van der Waals surface area contributed by atoms with Crippen LogP contribution >= 0.6 is 0 Å². The Labute approximate surface area is 171 Å². The lowest BCUT2D eigenvalue weighted by atomic mass is 10.2. The van der Waals surface area contributed by atoms with Gasteiger partial charge in [0.25, 0.3) is 11.8 Å². The molecule has 2 aromatic carbocycles. The van der Waals surface area contributed by atoms with Gasteiger partial charge in [-0.15, -0.1) is 0 Å². The maximum Gasteiger partial charge on any atom is 0.416 e. The molecule has 10 heteroatoms. The van der Waals surface area contributed by atoms with Gasteiger partial charge < -0.3 is 14.8 Å². The summed E-state index contributed by atoms with van der Waals surface area (Å²) < 4.78 is 48.9. The molecular formula is C20H22F3N3O4. The van der Waals surface area contributed by atoms with E-state index < -0.39 is 17.6 Å². The molecule has 0 radical (unpaired) electrons. The third-order valence-electron chi connectivity index (χ3n) is 3.74. The van der Waals surface area contributed by atoms with Crippen molar-refractivity contribution in [3.63, 3.8) is 0 Å². The van der Waals surface area contributed by atoms with Crippen molar-refractivity contribution < 1.29 is 32.2 Å². The van der Waals surface area contributed by atoms with E-state index in [-0.39, 0.29) is 41.3 Å². The molecule has 0 unspecified atom stereocenters. The molecule has 2 rings (SSSR count). The molecule has 0 aromatic heterocycles. The minimum absolute atomic E-state index is 0.0293. The molecule has 0 saturated heterocycles. The number of hydrogen-bond donors (Lipinski definition) is 3. The quantitative estimate of drug-likeness (QED) is 0.565. The van der Waals surface area contributed by atoms with Crippen molar-refractivity contribution in [2.75, 3.05) is 19.1 Å². The smallest absolute Gasteiger partial charge is 0.416 e. The van der Waals surface area contributed by atoms with Gasteiger partial charge in [0.15, 0.2) is 18.1 Å². The number of hydrogen-bond acceptors (Lipinski definition) is 5. The fraction of sp³-hybridized carbons (Fsp3) is 0.300. The highest BCUT2D eigenvalue weighted by Gasteiger charge is 2.30. The first-order chi connectivity index (χ1) is 14.1. The highest BCUT2D eigenvalue weighted by molar-refractivity contribution is 5.95. The second kappa shape index (κ2) is 9.86. The van der Waals surface area contributed by atoms with E-state index in [1.165, 1.54) is 37.4 Å². The highest BCUT2D eigenvalue weighted by atomic mass is 19.4. The van der Waals surface area contributed by atoms with E-state index in [2.05, 4.69) is 16.2 Å². The Balaban J connectivity index is 2.02. The number of hydrazine groups is 1. The monoisotopic (exact) mass is 425 g/mol. The van der Waals surface area contributed by atoms with Crippen LogP contribution in [0.1, 0.15) is 29.8 Å². The number of rotatable bonds is 8. The van der Waals surface area contributed by atoms with Crippen molar-refractivity contribution in [1.82, 2.24) is 10.7 Å². The molecule has 2 amide bonds. The number of ether oxygens (including phenoxy) is 2. The predicted octanol–water partition coefficient (Wildman–Crippen LogP) is 3.37. The van der Waals surface area contributed by atoms with Crippen molar-refractivity contribution in [2.45, 2.75) is 26.1 Å². The average molecular weight is 425 g/mol. The van der Waals surface area contributed by atoms with Gasteiger partial charge in [-0.25, -0.2) is 0 Å². The number of nitrogens with one attached hydrogen (secondary N) is 3. The van der Waals surface area contributed by atoms with Crippen molar-refractivity contribution in [1.29, 1.82) is 0 Å². The van der Waals surface area contributed by atoms with E-state index in [0.717, 1.165) is 12.1 Å². The van der Waals surface area contributed by atoms with E-state index in [1.807, 2.05) is 13.8 Å². The van der Waals surface area contributed by atoms with Gasteiger partial charge in [-0.05, 0) is 50.2 Å². The van der Waals surface area contributed by atoms with Crippen LogP contribution in [0.25, 0.3) is 0 Å². The molecule has 0 aliphatic rings. The summed E-state index contributed by atoms with van der Waals surface area (Å²) in [6.07, 6.45) is -4.49. The van der Waals surface area contributed by atoms with Crippen LogP contribution in [0.2, 0.25) is 0 Å². The third-order valence-corrected chi connectivity index (χ3v) is 3.74. The number of halogens is 3. The van der Waals surface area contributed by atoms with Gasteiger partial charge in [0.1, 0.15) is 0 Å². The molecule has 0 aliphatic heterocycles. The second-order valence-corrected chi connectivity index (χ2v) is 6.53. The van der Waals surface area contributed by atoms with E-state index in [4.69, 9.17) is 9.47 Å². The Kier molecular flexibility index (Phi) is 7.51. The SMILES string of the molecule is COc1cc(C(=O)NNc2cccc(C(F)(F)F)c2)ccc1OCC(=O)NC(C)C. The molecule has 2 aromatic rings. The first kappa shape index (κ1) is 22.9. The average Bonchev–Trinajstić information content (AvgIpc) is 2.69. The van der Waals surface area contributed by atoms with E-state index in [9.17, 15) is 22.8 Å². The summed E-state index contributed by atoms with van der Waals surface area (Å²) in [5.41, 5.74) is 4.16. The maximum atomic E-state index is 12.8. The van der Waals surface area contributed by atoms with Gasteiger partial charge in [0, 0.05) is 11.6 Å². The zero-order chi connectivity index (χ0) is 22.3. The van der Waals surface area contributed by atoms with Gasteiger partial charge in [-0.1, -0.05) is 6.07 Å². The van der Waals surface area contributed by atoms with Crippen molar-refractivity contribution in [3.8, 4) is 11.5 Å². The number of benzene rings is 2. The number of alkyl halides is 3. The number of amides is 2. The molecule has 0 atom stereocenters. The van der Waals surface area contributed by atoms with Crippen LogP contribution in [0.5, 0.6) is 11.5 Å². The summed E-state index contributed by atoms with van der Waals surface area (Å²) in [6, 6.07) is 8.66. The second-order valence-electron chi connectivity index (χ2n) is 6.53. The molecule has 3 N–H and O–H groups in total. The maximum absolute atomic E-state index is 12.8. The lowest BCUT2D eigenvalue weighted by Gasteiger charge is -2.14. The fourth-order valence-electron chi connectivity index (χ4n) is 2.41. The summed E-state index contributed by atoms with van der Waals surface area (Å²) in [7, 11) is 1.37. The van der Waals surface area contributed by atoms with E-state index in [0.29, 0.717) is 0 Å². The lowest BCUT2D eigenvalue weighted by molar-refractivity contribution is -0.137. The molecule has 7 nitrogen and oxygen atoms in total. The predicted molar refractivity (Wildman–Crippen MR) is 104 cm³/mol. The summed E-state index contributed by atoms with van der Waals surface area (Å²) in [4.78, 5) is 24.0. The Morgan fingerprint density at radius 1 is 1.07 bits per heavy atom. The van der Waals surface area contributed by atoms with Gasteiger partial charge in [-0.3, -0.25) is 20.4 Å². The van der Waals surface area contributed by atoms with E-state index in [1.54, 1.807) is 0 Å². The molecule has 0 spiro atoms. The van der Waals surface area contributed by atoms with Crippen LogP contribution in [0.4, 0.5) is 18.9 Å². The van der Waals surface area contributed by atoms with Crippen molar-refractivity contribution >= 4 is 17.5 Å². The van der Waals surface area contributed by atoms with Gasteiger partial charge in [0.05, 0.1) is 18.4 Å². The number of anilines is 1. The molecular weight excluding hydrogens is 403 g/mol. The molecule has 0 fully saturated rings. The highest BCUT2D eigenvalue weighted by Crippen LogP contribution is 2.31. The minimum Gasteiger partial charge on any atom is -0.493 e. The van der Waals surface area contributed by atoms with Crippen LogP contribution in [0.15, 0.2) is 42.5 Å². The Hall–Kier alpha value is -3.43. The Bertz CT molecular complexity index is 901. The van der Waals surface area contributed by atoms with Crippen LogP contribution in [-0.4, -0.2) is 31.6 Å². The van der Waals surface area contributed by atoms with Gasteiger partial charge in [-0.2, -0.15) is 13.2 Å². The van der Waals surface area contributed by atoms with Crippen molar-refractivity contribution in [2.24, 2.45) is 0 Å². The number of carbonyl (C=O) groups is 2. The molecule has 0 heterocycles.